The van der Waals surface area contributed by atoms with Gasteiger partial charge >= 0.3 is 5.97 Å². The second kappa shape index (κ2) is 8.73. The molecule has 0 aromatic heterocycles. The molecule has 1 saturated carbocycles. The molecule has 1 amide bonds. The lowest BCUT2D eigenvalue weighted by Crippen LogP contribution is -2.34. The summed E-state index contributed by atoms with van der Waals surface area (Å²) in [5.74, 6) is -0.968. The first-order valence-electron chi connectivity index (χ1n) is 9.48. The smallest absolute Gasteiger partial charge is 0.336 e. The first-order chi connectivity index (χ1) is 13.4. The molecule has 1 unspecified atom stereocenters. The summed E-state index contributed by atoms with van der Waals surface area (Å²) in [6, 6.07) is 4.36. The maximum Gasteiger partial charge on any atom is 0.336 e. The second-order valence-corrected chi connectivity index (χ2v) is 7.82. The van der Waals surface area contributed by atoms with Crippen molar-refractivity contribution in [2.75, 3.05) is 6.61 Å². The van der Waals surface area contributed by atoms with Gasteiger partial charge in [-0.2, -0.15) is 0 Å². The van der Waals surface area contributed by atoms with Gasteiger partial charge in [-0.1, -0.05) is 36.9 Å². The first kappa shape index (κ1) is 20.3. The third-order valence-electron chi connectivity index (χ3n) is 5.43. The van der Waals surface area contributed by atoms with E-state index in [1.54, 1.807) is 13.0 Å². The average molecular weight is 407 g/mol. The van der Waals surface area contributed by atoms with Crippen LogP contribution in [0.4, 0.5) is 5.69 Å². The van der Waals surface area contributed by atoms with E-state index in [-0.39, 0.29) is 23.0 Å². The molecule has 2 aliphatic rings. The maximum atomic E-state index is 12.8. The molecule has 0 bridgehead atoms. The number of carbonyl (C=O) groups is 2. The molecule has 8 heteroatoms. The minimum atomic E-state index is -0.608. The SMILES string of the molecule is CC1=C(C(=O)OCC2CCCCC2)C(c2ccc(Cl)c([N+](=O)[O-])c2)CC(=O)N1. The van der Waals surface area contributed by atoms with E-state index in [0.717, 1.165) is 25.7 Å². The van der Waals surface area contributed by atoms with E-state index >= 15 is 0 Å². The Kier molecular flexibility index (Phi) is 6.34. The Balaban J connectivity index is 1.85. The molecule has 1 fully saturated rings. The summed E-state index contributed by atoms with van der Waals surface area (Å²) in [6.45, 7) is 2.00. The number of hydrogen-bond acceptors (Lipinski definition) is 5. The molecular weight excluding hydrogens is 384 g/mol. The van der Waals surface area contributed by atoms with Crippen molar-refractivity contribution in [1.29, 1.82) is 0 Å². The Morgan fingerprint density at radius 1 is 1.32 bits per heavy atom. The van der Waals surface area contributed by atoms with Gasteiger partial charge in [0.05, 0.1) is 17.1 Å². The van der Waals surface area contributed by atoms with Gasteiger partial charge in [-0.15, -0.1) is 0 Å². The molecule has 1 heterocycles. The standard InChI is InChI=1S/C20H23ClN2O5/c1-12-19(20(25)28-11-13-5-3-2-4-6-13)15(10-18(24)22-12)14-7-8-16(21)17(9-14)23(26)27/h7-9,13,15H,2-6,10-11H2,1H3,(H,22,24). The van der Waals surface area contributed by atoms with Crippen molar-refractivity contribution < 1.29 is 19.2 Å². The van der Waals surface area contributed by atoms with Crippen LogP contribution in [0.5, 0.6) is 0 Å². The van der Waals surface area contributed by atoms with Gasteiger partial charge in [0.1, 0.15) is 5.02 Å². The third-order valence-corrected chi connectivity index (χ3v) is 5.75. The van der Waals surface area contributed by atoms with E-state index in [1.165, 1.54) is 18.6 Å². The summed E-state index contributed by atoms with van der Waals surface area (Å²) >= 11 is 5.90. The number of benzene rings is 1. The summed E-state index contributed by atoms with van der Waals surface area (Å²) in [6.07, 6.45) is 5.64. The number of halogens is 1. The zero-order valence-corrected chi connectivity index (χ0v) is 16.5. The van der Waals surface area contributed by atoms with E-state index in [9.17, 15) is 19.7 Å². The van der Waals surface area contributed by atoms with Crippen LogP contribution >= 0.6 is 11.6 Å². The molecule has 1 aliphatic heterocycles. The molecule has 1 aromatic rings. The Morgan fingerprint density at radius 3 is 2.71 bits per heavy atom. The van der Waals surface area contributed by atoms with Crippen LogP contribution in [0.1, 0.15) is 56.9 Å². The van der Waals surface area contributed by atoms with Crippen LogP contribution < -0.4 is 5.32 Å². The quantitative estimate of drug-likeness (QED) is 0.447. The van der Waals surface area contributed by atoms with Gasteiger partial charge in [0, 0.05) is 24.1 Å². The van der Waals surface area contributed by atoms with Gasteiger partial charge in [-0.05, 0) is 37.3 Å². The Hall–Kier alpha value is -2.41. The van der Waals surface area contributed by atoms with Crippen molar-refractivity contribution in [3.63, 3.8) is 0 Å². The van der Waals surface area contributed by atoms with Crippen LogP contribution in [-0.4, -0.2) is 23.4 Å². The molecule has 1 aliphatic carbocycles. The molecule has 150 valence electrons. The minimum absolute atomic E-state index is 0.0103. The molecule has 28 heavy (non-hydrogen) atoms. The van der Waals surface area contributed by atoms with Crippen LogP contribution in [0.25, 0.3) is 0 Å². The number of nitro benzene ring substituents is 1. The van der Waals surface area contributed by atoms with Crippen LogP contribution in [-0.2, 0) is 14.3 Å². The Bertz CT molecular complexity index is 830. The molecule has 0 radical (unpaired) electrons. The van der Waals surface area contributed by atoms with Crippen LogP contribution in [0, 0.1) is 16.0 Å². The van der Waals surface area contributed by atoms with Gasteiger partial charge in [0.15, 0.2) is 0 Å². The number of nitrogens with zero attached hydrogens (tertiary/aromatic N) is 1. The number of esters is 1. The Labute approximate surface area is 168 Å². The van der Waals surface area contributed by atoms with Crippen LogP contribution in [0.2, 0.25) is 5.02 Å². The van der Waals surface area contributed by atoms with Crippen LogP contribution in [0.3, 0.4) is 0 Å². The number of nitro groups is 1. The zero-order chi connectivity index (χ0) is 20.3. The fourth-order valence-electron chi connectivity index (χ4n) is 3.97. The van der Waals surface area contributed by atoms with Crippen LogP contribution in [0.15, 0.2) is 29.5 Å². The number of rotatable bonds is 5. The van der Waals surface area contributed by atoms with E-state index in [2.05, 4.69) is 5.32 Å². The summed E-state index contributed by atoms with van der Waals surface area (Å²) in [5.41, 5.74) is 1.01. The summed E-state index contributed by atoms with van der Waals surface area (Å²) in [5, 5.41) is 13.9. The summed E-state index contributed by atoms with van der Waals surface area (Å²) in [4.78, 5) is 35.5. The predicted molar refractivity (Wildman–Crippen MR) is 104 cm³/mol. The molecular formula is C20H23ClN2O5. The predicted octanol–water partition coefficient (Wildman–Crippen LogP) is 4.25. The fourth-order valence-corrected chi connectivity index (χ4v) is 4.15. The number of nitrogens with one attached hydrogen (secondary N) is 1. The maximum absolute atomic E-state index is 12.8. The highest BCUT2D eigenvalue weighted by atomic mass is 35.5. The third kappa shape index (κ3) is 4.52. The molecule has 1 aromatic carbocycles. The summed E-state index contributed by atoms with van der Waals surface area (Å²) in [7, 11) is 0. The van der Waals surface area contributed by atoms with Gasteiger partial charge in [-0.25, -0.2) is 4.79 Å². The Morgan fingerprint density at radius 2 is 2.04 bits per heavy atom. The number of ether oxygens (including phenoxy) is 1. The van der Waals surface area contributed by atoms with Crippen molar-refractivity contribution in [3.8, 4) is 0 Å². The highest BCUT2D eigenvalue weighted by Crippen LogP contribution is 2.37. The molecule has 7 nitrogen and oxygen atoms in total. The largest absolute Gasteiger partial charge is 0.462 e. The van der Waals surface area contributed by atoms with E-state index < -0.39 is 16.8 Å². The highest BCUT2D eigenvalue weighted by Gasteiger charge is 2.34. The van der Waals surface area contributed by atoms with E-state index in [0.29, 0.717) is 29.4 Å². The molecule has 0 spiro atoms. The highest BCUT2D eigenvalue weighted by molar-refractivity contribution is 6.32. The van der Waals surface area contributed by atoms with Crippen molar-refractivity contribution in [3.05, 3.63) is 50.2 Å². The van der Waals surface area contributed by atoms with Crippen molar-refractivity contribution in [2.24, 2.45) is 5.92 Å². The van der Waals surface area contributed by atoms with Crippen molar-refractivity contribution in [2.45, 2.75) is 51.4 Å². The van der Waals surface area contributed by atoms with Crippen molar-refractivity contribution >= 4 is 29.2 Å². The topological polar surface area (TPSA) is 98.5 Å². The second-order valence-electron chi connectivity index (χ2n) is 7.41. The monoisotopic (exact) mass is 406 g/mol. The van der Waals surface area contributed by atoms with E-state index in [4.69, 9.17) is 16.3 Å². The number of amides is 1. The van der Waals surface area contributed by atoms with E-state index in [1.807, 2.05) is 0 Å². The normalized spacial score (nSPS) is 20.6. The molecule has 1 atom stereocenters. The zero-order valence-electron chi connectivity index (χ0n) is 15.7. The fraction of sp³-hybridized carbons (Fsp3) is 0.500. The van der Waals surface area contributed by atoms with Gasteiger partial charge in [-0.3, -0.25) is 14.9 Å². The number of carbonyl (C=O) groups excluding carboxylic acids is 2. The lowest BCUT2D eigenvalue weighted by molar-refractivity contribution is -0.384. The molecule has 1 N–H and O–H groups in total. The lowest BCUT2D eigenvalue weighted by atomic mass is 9.84. The van der Waals surface area contributed by atoms with Gasteiger partial charge in [0.2, 0.25) is 5.91 Å². The van der Waals surface area contributed by atoms with Gasteiger partial charge < -0.3 is 10.1 Å². The first-order valence-corrected chi connectivity index (χ1v) is 9.86. The minimum Gasteiger partial charge on any atom is -0.462 e. The van der Waals surface area contributed by atoms with Gasteiger partial charge in [0.25, 0.3) is 5.69 Å². The molecule has 3 rings (SSSR count). The number of hydrogen-bond donors (Lipinski definition) is 1. The average Bonchev–Trinajstić information content (AvgIpc) is 2.66. The number of allylic oxidation sites excluding steroid dienone is 1. The lowest BCUT2D eigenvalue weighted by Gasteiger charge is -2.27. The molecule has 0 saturated heterocycles. The van der Waals surface area contributed by atoms with Crippen molar-refractivity contribution in [1.82, 2.24) is 5.32 Å². The summed E-state index contributed by atoms with van der Waals surface area (Å²) < 4.78 is 5.57.